The van der Waals surface area contributed by atoms with Crippen LogP contribution in [0.25, 0.3) is 9.75 Å². The van der Waals surface area contributed by atoms with Crippen molar-refractivity contribution in [3.05, 3.63) is 21.9 Å². The Bertz CT molecular complexity index is 2470. The molecule has 0 spiro atoms. The third-order valence-electron chi connectivity index (χ3n) is 8.55. The Balaban J connectivity index is 3.21. The summed E-state index contributed by atoms with van der Waals surface area (Å²) < 4.78 is 526. The van der Waals surface area contributed by atoms with Crippen molar-refractivity contribution >= 4 is 42.3 Å². The van der Waals surface area contributed by atoms with E-state index in [2.05, 4.69) is 0 Å². The monoisotopic (exact) mass is 1160 g/mol. The Labute approximate surface area is 357 Å². The molecule has 0 fully saturated rings. The van der Waals surface area contributed by atoms with Gasteiger partial charge in [0.1, 0.15) is 9.79 Å². The van der Waals surface area contributed by atoms with E-state index in [0.717, 1.165) is 0 Å². The number of rotatable bonds is 17. The van der Waals surface area contributed by atoms with Gasteiger partial charge in [0.15, 0.2) is 0 Å². The van der Waals surface area contributed by atoms with Crippen LogP contribution in [0.4, 0.5) is 149 Å². The molecule has 68 heavy (non-hydrogen) atoms. The summed E-state index contributed by atoms with van der Waals surface area (Å²) in [5.41, 5.74) is 0. The van der Waals surface area contributed by atoms with Crippen LogP contribution in [0.15, 0.2) is 21.9 Å². The molecule has 0 aliphatic heterocycles. The molecule has 4 nitrogen and oxygen atoms in total. The highest BCUT2D eigenvalue weighted by atomic mass is 32.2. The summed E-state index contributed by atoms with van der Waals surface area (Å²) in [6.45, 7) is 0.170. The molecule has 398 valence electrons. The van der Waals surface area contributed by atoms with Crippen molar-refractivity contribution in [3.63, 3.8) is 0 Å². The Kier molecular flexibility index (Phi) is 14.1. The summed E-state index contributed by atoms with van der Waals surface area (Å²) in [5, 5.41) is -18.1. The zero-order chi connectivity index (χ0) is 55.3. The molecule has 0 N–H and O–H groups in total. The van der Waals surface area contributed by atoms with Gasteiger partial charge >= 0.3 is 93.9 Å². The maximum atomic E-state index is 15.4. The highest BCUT2D eigenvalue weighted by Crippen LogP contribution is 2.68. The first kappa shape index (κ1) is 61.0. The predicted octanol–water partition coefficient (Wildman–Crippen LogP) is 13.6. The van der Waals surface area contributed by atoms with E-state index in [-0.39, 0.29) is 17.4 Å². The number of hydrogen-bond acceptors (Lipinski definition) is 6. The van der Waals surface area contributed by atoms with Crippen LogP contribution in [0, 0.1) is 13.8 Å². The number of alkyl halides is 34. The Morgan fingerprint density at radius 2 is 0.559 bits per heavy atom. The zero-order valence-electron chi connectivity index (χ0n) is 30.3. The molecule has 0 radical (unpaired) electrons. The molecule has 0 atom stereocenters. The van der Waals surface area contributed by atoms with Crippen molar-refractivity contribution < 1.29 is 166 Å². The van der Waals surface area contributed by atoms with E-state index in [9.17, 15) is 149 Å². The van der Waals surface area contributed by atoms with E-state index in [0.29, 0.717) is 13.0 Å². The number of sulfone groups is 2. The van der Waals surface area contributed by atoms with Crippen LogP contribution in [0.3, 0.4) is 0 Å². The van der Waals surface area contributed by atoms with Gasteiger partial charge in [0.05, 0.1) is 4.88 Å². The van der Waals surface area contributed by atoms with Crippen LogP contribution in [-0.2, 0) is 19.7 Å². The highest BCUT2D eigenvalue weighted by Gasteiger charge is 2.98. The van der Waals surface area contributed by atoms with E-state index >= 15 is 17.6 Å². The number of thiophene rings is 2. The number of hydrogen-bond donors (Lipinski definition) is 0. The molecular weight excluding hydrogens is 1150 g/mol. The quantitative estimate of drug-likeness (QED) is 0.148. The Hall–Kier alpha value is -3.08. The molecule has 2 aromatic rings. The molecule has 0 aliphatic rings. The predicted molar refractivity (Wildman–Crippen MR) is 153 cm³/mol. The standard InChI is InChI=1S/C26H8F34O4S4/c1-5-3-4-7(65-5)8-10(68(63,64)26(59,60)22(49,50)18(41,42)14(33,34)12(29,30)16(37,38)20(45,46)24(54,55)56)9(6(2)66-8)67(61,62)25(57,58)21(47,48)17(39,40)13(31,32)11(27,28)15(35,36)19(43,44)23(51,52)53/h3-4H,1-2H3. The van der Waals surface area contributed by atoms with Crippen LogP contribution < -0.4 is 0 Å². The summed E-state index contributed by atoms with van der Waals surface area (Å²) in [6, 6.07) is 0.521. The van der Waals surface area contributed by atoms with Crippen molar-refractivity contribution in [2.24, 2.45) is 0 Å². The van der Waals surface area contributed by atoms with Crippen LogP contribution in [0.1, 0.15) is 9.75 Å². The van der Waals surface area contributed by atoms with Crippen molar-refractivity contribution in [2.45, 2.75) is 118 Å². The fourth-order valence-electron chi connectivity index (χ4n) is 4.68. The highest BCUT2D eigenvalue weighted by molar-refractivity contribution is 7.96. The van der Waals surface area contributed by atoms with Crippen molar-refractivity contribution in [1.29, 1.82) is 0 Å². The fourth-order valence-corrected chi connectivity index (χ4v) is 11.3. The average Bonchev–Trinajstić information content (AvgIpc) is 3.72. The largest absolute Gasteiger partial charge is 0.460 e. The topological polar surface area (TPSA) is 68.3 Å². The van der Waals surface area contributed by atoms with Gasteiger partial charge < -0.3 is 0 Å². The first-order chi connectivity index (χ1) is 29.0. The molecule has 0 bridgehead atoms. The summed E-state index contributed by atoms with van der Waals surface area (Å²) >= 11 is -1.70. The molecular formula is C26H8F34O4S4. The molecule has 0 saturated heterocycles. The maximum absolute atomic E-state index is 15.4. The van der Waals surface area contributed by atoms with Crippen molar-refractivity contribution in [1.82, 2.24) is 0 Å². The molecule has 2 rings (SSSR count). The SMILES string of the molecule is Cc1ccc(-c2sc(C)c(S(=O)(=O)C(F)(F)C(F)(F)C(F)(F)C(F)(F)C(F)(F)C(F)(F)C(F)(F)C(F)(F)F)c2S(=O)(=O)C(F)(F)C(F)(F)C(F)(F)C(F)(F)C(F)(F)C(F)(F)C(F)(F)C(F)(F)F)s1. The second kappa shape index (κ2) is 15.7. The van der Waals surface area contributed by atoms with Gasteiger partial charge in [0, 0.05) is 14.6 Å². The Morgan fingerprint density at radius 1 is 0.324 bits per heavy atom. The lowest BCUT2D eigenvalue weighted by molar-refractivity contribution is -0.458. The summed E-state index contributed by atoms with van der Waals surface area (Å²) in [7, 11) is -18.8. The van der Waals surface area contributed by atoms with Gasteiger partial charge in [-0.15, -0.1) is 22.7 Å². The molecule has 2 aromatic heterocycles. The van der Waals surface area contributed by atoms with E-state index in [1.807, 2.05) is 0 Å². The third-order valence-corrected chi connectivity index (χ3v) is 15.1. The van der Waals surface area contributed by atoms with Crippen LogP contribution >= 0.6 is 22.7 Å². The van der Waals surface area contributed by atoms with Gasteiger partial charge in [-0.1, -0.05) is 0 Å². The fraction of sp³-hybridized carbons (Fsp3) is 0.692. The minimum Gasteiger partial charge on any atom is -0.217 e. The average molecular weight is 1160 g/mol. The van der Waals surface area contributed by atoms with E-state index in [1.54, 1.807) is 0 Å². The first-order valence-electron chi connectivity index (χ1n) is 15.1. The maximum Gasteiger partial charge on any atom is 0.460 e. The first-order valence-corrected chi connectivity index (χ1v) is 19.7. The summed E-state index contributed by atoms with van der Waals surface area (Å²) in [5.74, 6) is -113. The van der Waals surface area contributed by atoms with E-state index in [1.165, 1.54) is 0 Å². The van der Waals surface area contributed by atoms with E-state index < -0.39 is 161 Å². The summed E-state index contributed by atoms with van der Waals surface area (Å²) in [4.78, 5) is -15.6. The lowest BCUT2D eigenvalue weighted by Crippen LogP contribution is -2.75. The molecule has 0 aromatic carbocycles. The van der Waals surface area contributed by atoms with Crippen molar-refractivity contribution in [3.8, 4) is 9.75 Å². The third kappa shape index (κ3) is 7.29. The van der Waals surface area contributed by atoms with Gasteiger partial charge in [0.2, 0.25) is 0 Å². The number of aryl methyl sites for hydroxylation is 2. The minimum absolute atomic E-state index is 0.0730. The Morgan fingerprint density at radius 3 is 0.794 bits per heavy atom. The van der Waals surface area contributed by atoms with Gasteiger partial charge in [-0.3, -0.25) is 0 Å². The van der Waals surface area contributed by atoms with Gasteiger partial charge in [-0.25, -0.2) is 16.8 Å². The second-order valence-corrected chi connectivity index (χ2v) is 19.4. The summed E-state index contributed by atoms with van der Waals surface area (Å²) in [6.07, 6.45) is -16.7. The van der Waals surface area contributed by atoms with Gasteiger partial charge in [-0.05, 0) is 26.0 Å². The normalized spacial score (nSPS) is 16.5. The zero-order valence-corrected chi connectivity index (χ0v) is 33.5. The van der Waals surface area contributed by atoms with Crippen molar-refractivity contribution in [2.75, 3.05) is 0 Å². The second-order valence-electron chi connectivity index (χ2n) is 13.0. The molecule has 0 amide bonds. The molecule has 42 heteroatoms. The molecule has 0 aliphatic carbocycles. The number of halogens is 34. The molecule has 0 unspecified atom stereocenters. The lowest BCUT2D eigenvalue weighted by atomic mass is 9.91. The van der Waals surface area contributed by atoms with Gasteiger partial charge in [-0.2, -0.15) is 149 Å². The molecule has 0 saturated carbocycles. The lowest BCUT2D eigenvalue weighted by Gasteiger charge is -2.42. The van der Waals surface area contributed by atoms with E-state index in [4.69, 9.17) is 0 Å². The molecule has 2 heterocycles. The minimum atomic E-state index is -9.67. The smallest absolute Gasteiger partial charge is 0.217 e. The van der Waals surface area contributed by atoms with Gasteiger partial charge in [0.25, 0.3) is 19.7 Å². The van der Waals surface area contributed by atoms with Crippen LogP contribution in [0.2, 0.25) is 0 Å². The van der Waals surface area contributed by atoms with Crippen LogP contribution in [-0.4, -0.2) is 111 Å². The van der Waals surface area contributed by atoms with Crippen LogP contribution in [0.5, 0.6) is 0 Å².